The Morgan fingerprint density at radius 3 is 2.66 bits per heavy atom. The molecule has 3 rings (SSSR count). The Labute approximate surface area is 169 Å². The van der Waals surface area contributed by atoms with Crippen LogP contribution in [0, 0.1) is 11.7 Å². The van der Waals surface area contributed by atoms with Crippen LogP contribution >= 0.6 is 0 Å². The second kappa shape index (κ2) is 8.61. The maximum absolute atomic E-state index is 13.4. The summed E-state index contributed by atoms with van der Waals surface area (Å²) in [6, 6.07) is 10.4. The molecule has 0 saturated heterocycles. The minimum Gasteiger partial charge on any atom is -0.495 e. The molecule has 2 unspecified atom stereocenters. The molecule has 0 spiro atoms. The molecule has 2 amide bonds. The number of nitrogens with one attached hydrogen (secondary N) is 2. The largest absolute Gasteiger partial charge is 0.495 e. The number of nitrogens with two attached hydrogens (primary N) is 1. The number of benzene rings is 2. The molecule has 154 valence electrons. The van der Waals surface area contributed by atoms with E-state index in [9.17, 15) is 14.0 Å². The maximum Gasteiger partial charge on any atom is 0.255 e. The average molecular weight is 399 g/mol. The summed E-state index contributed by atoms with van der Waals surface area (Å²) in [5, 5.41) is 5.60. The molecule has 6 nitrogen and oxygen atoms in total. The highest BCUT2D eigenvalue weighted by molar-refractivity contribution is 6.05. The zero-order valence-electron chi connectivity index (χ0n) is 16.6. The van der Waals surface area contributed by atoms with Crippen molar-refractivity contribution in [1.82, 2.24) is 0 Å². The zero-order valence-corrected chi connectivity index (χ0v) is 16.6. The Kier molecular flexibility index (Phi) is 6.17. The van der Waals surface area contributed by atoms with Gasteiger partial charge in [-0.1, -0.05) is 18.9 Å². The summed E-state index contributed by atoms with van der Waals surface area (Å²) in [5.74, 6) is -0.962. The lowest BCUT2D eigenvalue weighted by molar-refractivity contribution is -0.122. The Morgan fingerprint density at radius 1 is 1.17 bits per heavy atom. The first kappa shape index (κ1) is 20.8. The fraction of sp³-hybridized carbons (Fsp3) is 0.364. The first-order valence-electron chi connectivity index (χ1n) is 9.65. The number of ether oxygens (including phenoxy) is 1. The number of hydrogen-bond donors (Lipinski definition) is 3. The van der Waals surface area contributed by atoms with Crippen LogP contribution in [0.1, 0.15) is 43.0 Å². The highest BCUT2D eigenvalue weighted by Crippen LogP contribution is 2.33. The van der Waals surface area contributed by atoms with Gasteiger partial charge < -0.3 is 21.1 Å². The molecule has 29 heavy (non-hydrogen) atoms. The smallest absolute Gasteiger partial charge is 0.255 e. The molecule has 0 radical (unpaired) electrons. The molecule has 0 aromatic heterocycles. The third-order valence-corrected chi connectivity index (χ3v) is 5.37. The Hall–Kier alpha value is -2.93. The molecule has 0 heterocycles. The SMILES string of the molecule is COc1ccc(NC(=O)C2CCCCC2(C)N)cc1NC(=O)c1cccc(F)c1. The zero-order chi connectivity index (χ0) is 21.0. The van der Waals surface area contributed by atoms with Crippen LogP contribution in [0.5, 0.6) is 5.75 Å². The molecule has 1 fully saturated rings. The predicted molar refractivity (Wildman–Crippen MR) is 111 cm³/mol. The number of rotatable bonds is 5. The summed E-state index contributed by atoms with van der Waals surface area (Å²) in [6.45, 7) is 1.91. The van der Waals surface area contributed by atoms with Crippen molar-refractivity contribution in [2.75, 3.05) is 17.7 Å². The fourth-order valence-corrected chi connectivity index (χ4v) is 3.73. The van der Waals surface area contributed by atoms with Gasteiger partial charge in [-0.05, 0) is 56.2 Å². The van der Waals surface area contributed by atoms with Gasteiger partial charge in [-0.25, -0.2) is 4.39 Å². The number of carbonyl (C=O) groups excluding carboxylic acids is 2. The van der Waals surface area contributed by atoms with E-state index in [2.05, 4.69) is 10.6 Å². The molecule has 0 aliphatic heterocycles. The van der Waals surface area contributed by atoms with Crippen LogP contribution in [-0.4, -0.2) is 24.5 Å². The van der Waals surface area contributed by atoms with E-state index >= 15 is 0 Å². The van der Waals surface area contributed by atoms with E-state index in [0.29, 0.717) is 17.1 Å². The molecule has 0 bridgehead atoms. The maximum atomic E-state index is 13.4. The van der Waals surface area contributed by atoms with Crippen LogP contribution < -0.4 is 21.1 Å². The normalized spacial score (nSPS) is 21.3. The molecule has 1 saturated carbocycles. The Balaban J connectivity index is 1.78. The molecule has 7 heteroatoms. The number of carbonyl (C=O) groups is 2. The van der Waals surface area contributed by atoms with Gasteiger partial charge in [0, 0.05) is 16.8 Å². The Morgan fingerprint density at radius 2 is 1.97 bits per heavy atom. The topological polar surface area (TPSA) is 93.4 Å². The van der Waals surface area contributed by atoms with E-state index in [-0.39, 0.29) is 17.4 Å². The second-order valence-corrected chi connectivity index (χ2v) is 7.67. The molecule has 4 N–H and O–H groups in total. The molecule has 2 atom stereocenters. The van der Waals surface area contributed by atoms with Gasteiger partial charge in [-0.2, -0.15) is 0 Å². The van der Waals surface area contributed by atoms with Crippen molar-refractivity contribution in [2.45, 2.75) is 38.1 Å². The lowest BCUT2D eigenvalue weighted by Crippen LogP contribution is -2.51. The van der Waals surface area contributed by atoms with Gasteiger partial charge in [-0.3, -0.25) is 9.59 Å². The lowest BCUT2D eigenvalue weighted by Gasteiger charge is -2.37. The summed E-state index contributed by atoms with van der Waals surface area (Å²) in [7, 11) is 1.48. The van der Waals surface area contributed by atoms with Gasteiger partial charge in [0.25, 0.3) is 5.91 Å². The van der Waals surface area contributed by atoms with Gasteiger partial charge >= 0.3 is 0 Å². The van der Waals surface area contributed by atoms with Crippen molar-refractivity contribution in [2.24, 2.45) is 11.7 Å². The second-order valence-electron chi connectivity index (χ2n) is 7.67. The number of halogens is 1. The van der Waals surface area contributed by atoms with Crippen LogP contribution in [0.4, 0.5) is 15.8 Å². The first-order valence-corrected chi connectivity index (χ1v) is 9.65. The van der Waals surface area contributed by atoms with Crippen molar-refractivity contribution in [1.29, 1.82) is 0 Å². The van der Waals surface area contributed by atoms with Crippen LogP contribution in [-0.2, 0) is 4.79 Å². The minimum absolute atomic E-state index is 0.137. The quantitative estimate of drug-likeness (QED) is 0.710. The first-order chi connectivity index (χ1) is 13.8. The van der Waals surface area contributed by atoms with Crippen LogP contribution in [0.2, 0.25) is 0 Å². The monoisotopic (exact) mass is 399 g/mol. The molecule has 1 aliphatic rings. The number of anilines is 2. The molecule has 2 aromatic carbocycles. The fourth-order valence-electron chi connectivity index (χ4n) is 3.73. The van der Waals surface area contributed by atoms with Crippen LogP contribution in [0.25, 0.3) is 0 Å². The number of amides is 2. The van der Waals surface area contributed by atoms with E-state index in [1.54, 1.807) is 18.2 Å². The predicted octanol–water partition coefficient (Wildman–Crippen LogP) is 3.93. The molecule has 1 aliphatic carbocycles. The van der Waals surface area contributed by atoms with Crippen LogP contribution in [0.3, 0.4) is 0 Å². The third-order valence-electron chi connectivity index (χ3n) is 5.37. The van der Waals surface area contributed by atoms with Gasteiger partial charge in [0.1, 0.15) is 11.6 Å². The van der Waals surface area contributed by atoms with Crippen molar-refractivity contribution >= 4 is 23.2 Å². The summed E-state index contributed by atoms with van der Waals surface area (Å²) in [4.78, 5) is 25.2. The Bertz CT molecular complexity index is 914. The third kappa shape index (κ3) is 4.92. The van der Waals surface area contributed by atoms with Crippen molar-refractivity contribution in [3.05, 3.63) is 53.8 Å². The standard InChI is InChI=1S/C22H26FN3O3/c1-22(24)11-4-3-8-17(22)21(28)25-16-9-10-19(29-2)18(13-16)26-20(27)14-6-5-7-15(23)12-14/h5-7,9-10,12-13,17H,3-4,8,11,24H2,1-2H3,(H,25,28)(H,26,27). The minimum atomic E-state index is -0.538. The van der Waals surface area contributed by atoms with Gasteiger partial charge in [0.2, 0.25) is 5.91 Å². The lowest BCUT2D eigenvalue weighted by atomic mass is 9.74. The summed E-state index contributed by atoms with van der Waals surface area (Å²) in [5.41, 5.74) is 6.86. The van der Waals surface area contributed by atoms with Gasteiger partial charge in [-0.15, -0.1) is 0 Å². The van der Waals surface area contributed by atoms with Crippen molar-refractivity contribution in [3.63, 3.8) is 0 Å². The number of hydrogen-bond acceptors (Lipinski definition) is 4. The summed E-state index contributed by atoms with van der Waals surface area (Å²) < 4.78 is 18.7. The van der Waals surface area contributed by atoms with E-state index in [0.717, 1.165) is 31.7 Å². The van der Waals surface area contributed by atoms with E-state index in [1.165, 1.54) is 25.3 Å². The summed E-state index contributed by atoms with van der Waals surface area (Å²) >= 11 is 0. The van der Waals surface area contributed by atoms with E-state index in [1.807, 2.05) is 6.92 Å². The van der Waals surface area contributed by atoms with Gasteiger partial charge in [0.05, 0.1) is 18.7 Å². The van der Waals surface area contributed by atoms with Crippen LogP contribution in [0.15, 0.2) is 42.5 Å². The van der Waals surface area contributed by atoms with Gasteiger partial charge in [0.15, 0.2) is 0 Å². The molecule has 2 aromatic rings. The highest BCUT2D eigenvalue weighted by atomic mass is 19.1. The van der Waals surface area contributed by atoms with Crippen molar-refractivity contribution in [3.8, 4) is 5.75 Å². The highest BCUT2D eigenvalue weighted by Gasteiger charge is 2.37. The average Bonchev–Trinajstić information content (AvgIpc) is 2.67. The summed E-state index contributed by atoms with van der Waals surface area (Å²) in [6.07, 6.45) is 3.55. The number of methoxy groups -OCH3 is 1. The van der Waals surface area contributed by atoms with E-state index < -0.39 is 17.3 Å². The van der Waals surface area contributed by atoms with Crippen molar-refractivity contribution < 1.29 is 18.7 Å². The molecular formula is C22H26FN3O3. The molecular weight excluding hydrogens is 373 g/mol. The van der Waals surface area contributed by atoms with E-state index in [4.69, 9.17) is 10.5 Å².